The third-order valence-corrected chi connectivity index (χ3v) is 0.991. The molecule has 1 aromatic carbocycles. The van der Waals surface area contributed by atoms with Gasteiger partial charge in [-0.15, -0.1) is 0 Å². The van der Waals surface area contributed by atoms with Gasteiger partial charge in [0.2, 0.25) is 0 Å². The third kappa shape index (κ3) is 36.4. The van der Waals surface area contributed by atoms with Gasteiger partial charge in [-0.2, -0.15) is 0 Å². The van der Waals surface area contributed by atoms with Crippen molar-refractivity contribution >= 4 is 25.9 Å². The van der Waals surface area contributed by atoms with Gasteiger partial charge in [-0.25, -0.2) is 0 Å². The van der Waals surface area contributed by atoms with Crippen LogP contribution in [0.15, 0.2) is 24.3 Å². The van der Waals surface area contributed by atoms with Gasteiger partial charge in [0.25, 0.3) is 0 Å². The monoisotopic (exact) mass is 284 g/mol. The number of halogens is 8. The largest absolute Gasteiger partial charge is 0.673 e. The molecule has 0 atom stereocenters. The van der Waals surface area contributed by atoms with Crippen molar-refractivity contribution in [3.63, 3.8) is 0 Å². The van der Waals surface area contributed by atoms with Gasteiger partial charge in [-0.3, -0.25) is 0 Å². The summed E-state index contributed by atoms with van der Waals surface area (Å²) in [6.07, 6.45) is 0. The first-order valence-electron chi connectivity index (χ1n) is 4.27. The second kappa shape index (κ2) is 7.93. The van der Waals surface area contributed by atoms with Crippen molar-refractivity contribution in [3.8, 4) is 0 Å². The standard InChI is InChI=1S/C6H8N2.2BF4/c7-5-2-1-3-6(8)4-5;2*2-1(3,4)5/h1-4H,7-8H2;;/q;2*-1/p+2. The molecule has 0 aliphatic carbocycles. The quantitative estimate of drug-likeness (QED) is 0.541. The Kier molecular flexibility index (Phi) is 8.39. The highest BCUT2D eigenvalue weighted by atomic mass is 19.5. The SMILES string of the molecule is F[B-](F)(F)F.F[B-](F)(F)F.[NH3+]c1cccc([NH3+])c1. The van der Waals surface area contributed by atoms with Crippen molar-refractivity contribution in [2.75, 3.05) is 0 Å². The van der Waals surface area contributed by atoms with Gasteiger partial charge in [-0.1, -0.05) is 6.07 Å². The van der Waals surface area contributed by atoms with E-state index >= 15 is 0 Å². The summed E-state index contributed by atoms with van der Waals surface area (Å²) in [7, 11) is -12.0. The first-order chi connectivity index (χ1) is 7.79. The van der Waals surface area contributed by atoms with Crippen molar-refractivity contribution in [2.45, 2.75) is 0 Å². The van der Waals surface area contributed by atoms with Crippen molar-refractivity contribution < 1.29 is 46.0 Å². The van der Waals surface area contributed by atoms with Gasteiger partial charge in [0.15, 0.2) is 0 Å². The molecule has 6 N–H and O–H groups in total. The maximum absolute atomic E-state index is 9.75. The molecule has 0 bridgehead atoms. The van der Waals surface area contributed by atoms with E-state index in [1.54, 1.807) is 0 Å². The van der Waals surface area contributed by atoms with Crippen LogP contribution in [0.2, 0.25) is 0 Å². The third-order valence-electron chi connectivity index (χ3n) is 0.991. The average molecular weight is 284 g/mol. The fourth-order valence-electron chi connectivity index (χ4n) is 0.630. The lowest BCUT2D eigenvalue weighted by Gasteiger charge is -1.94. The highest BCUT2D eigenvalue weighted by Gasteiger charge is 2.21. The lowest BCUT2D eigenvalue weighted by atomic mass is 10.3. The molecule has 0 aromatic heterocycles. The summed E-state index contributed by atoms with van der Waals surface area (Å²) in [6, 6.07) is 7.80. The first-order valence-corrected chi connectivity index (χ1v) is 4.27. The lowest BCUT2D eigenvalue weighted by Crippen LogP contribution is -2.43. The van der Waals surface area contributed by atoms with Crippen LogP contribution in [0.1, 0.15) is 0 Å². The van der Waals surface area contributed by atoms with Crippen LogP contribution in [0.4, 0.5) is 45.9 Å². The molecule has 1 rings (SSSR count). The molecule has 0 heterocycles. The van der Waals surface area contributed by atoms with Gasteiger partial charge < -0.3 is 46.0 Å². The minimum absolute atomic E-state index is 1.03. The van der Waals surface area contributed by atoms with E-state index in [2.05, 4.69) is 11.5 Å². The molecule has 0 spiro atoms. The molecule has 0 radical (unpaired) electrons. The Morgan fingerprint density at radius 3 is 1.00 bits per heavy atom. The van der Waals surface area contributed by atoms with Crippen LogP contribution < -0.4 is 11.5 Å². The molecule has 106 valence electrons. The summed E-state index contributed by atoms with van der Waals surface area (Å²) in [5.74, 6) is 0. The van der Waals surface area contributed by atoms with Crippen LogP contribution in [0.3, 0.4) is 0 Å². The maximum Gasteiger partial charge on any atom is 0.673 e. The lowest BCUT2D eigenvalue weighted by molar-refractivity contribution is -0.265. The van der Waals surface area contributed by atoms with E-state index in [1.165, 1.54) is 0 Å². The highest BCUT2D eigenvalue weighted by molar-refractivity contribution is 6.50. The molecule has 2 nitrogen and oxygen atoms in total. The van der Waals surface area contributed by atoms with E-state index in [0.29, 0.717) is 0 Å². The molecule has 0 fully saturated rings. The Hall–Kier alpha value is -1.29. The number of hydrogen-bond donors (Lipinski definition) is 2. The zero-order valence-corrected chi connectivity index (χ0v) is 8.90. The topological polar surface area (TPSA) is 55.3 Å². The van der Waals surface area contributed by atoms with Crippen LogP contribution >= 0.6 is 0 Å². The highest BCUT2D eigenvalue weighted by Crippen LogP contribution is 2.07. The predicted molar refractivity (Wildman–Crippen MR) is 51.9 cm³/mol. The van der Waals surface area contributed by atoms with Crippen LogP contribution in [-0.2, 0) is 0 Å². The van der Waals surface area contributed by atoms with E-state index in [-0.39, 0.29) is 0 Å². The predicted octanol–water partition coefficient (Wildman–Crippen LogP) is 2.03. The second-order valence-electron chi connectivity index (χ2n) is 2.81. The molecule has 12 heteroatoms. The molecule has 0 unspecified atom stereocenters. The fourth-order valence-corrected chi connectivity index (χ4v) is 0.630. The Bertz CT molecular complexity index is 298. The smallest absolute Gasteiger partial charge is 0.418 e. The van der Waals surface area contributed by atoms with E-state index in [0.717, 1.165) is 11.4 Å². The van der Waals surface area contributed by atoms with Gasteiger partial charge >= 0.3 is 14.5 Å². The fraction of sp³-hybridized carbons (Fsp3) is 0. The van der Waals surface area contributed by atoms with Gasteiger partial charge in [-0.05, 0) is 12.1 Å². The van der Waals surface area contributed by atoms with Crippen molar-refractivity contribution in [2.24, 2.45) is 0 Å². The van der Waals surface area contributed by atoms with Crippen molar-refractivity contribution in [1.29, 1.82) is 0 Å². The summed E-state index contributed by atoms with van der Waals surface area (Å²) < 4.78 is 78.0. The van der Waals surface area contributed by atoms with Crippen LogP contribution in [0.5, 0.6) is 0 Å². The number of quaternary nitrogens is 2. The normalized spacial score (nSPS) is 10.8. The molecule has 0 saturated heterocycles. The zero-order valence-electron chi connectivity index (χ0n) is 8.90. The molecule has 0 aliphatic rings. The Morgan fingerprint density at radius 1 is 0.667 bits per heavy atom. The number of rotatable bonds is 0. The van der Waals surface area contributed by atoms with Gasteiger partial charge in [0.05, 0.1) is 6.07 Å². The maximum atomic E-state index is 9.75. The van der Waals surface area contributed by atoms with E-state index in [4.69, 9.17) is 0 Å². The van der Waals surface area contributed by atoms with Crippen molar-refractivity contribution in [3.05, 3.63) is 24.3 Å². The zero-order chi connectivity index (χ0) is 15.0. The molecular weight excluding hydrogens is 274 g/mol. The summed E-state index contributed by atoms with van der Waals surface area (Å²) in [6.45, 7) is 0. The van der Waals surface area contributed by atoms with E-state index in [1.807, 2.05) is 24.3 Å². The van der Waals surface area contributed by atoms with E-state index in [9.17, 15) is 34.5 Å². The molecule has 0 saturated carbocycles. The Balaban J connectivity index is 0. The molecule has 1 aromatic rings. The summed E-state index contributed by atoms with van der Waals surface area (Å²) in [4.78, 5) is 0. The van der Waals surface area contributed by atoms with Crippen LogP contribution in [-0.4, -0.2) is 14.5 Å². The second-order valence-corrected chi connectivity index (χ2v) is 2.81. The van der Waals surface area contributed by atoms with Crippen LogP contribution in [0, 0.1) is 0 Å². The molecular formula is C6H10B2F8N2. The van der Waals surface area contributed by atoms with E-state index < -0.39 is 14.5 Å². The summed E-state index contributed by atoms with van der Waals surface area (Å²) in [5.41, 5.74) is 9.53. The summed E-state index contributed by atoms with van der Waals surface area (Å²) in [5, 5.41) is 0. The van der Waals surface area contributed by atoms with Gasteiger partial charge in [0, 0.05) is 0 Å². The number of benzene rings is 1. The van der Waals surface area contributed by atoms with Gasteiger partial charge in [0.1, 0.15) is 11.4 Å². The molecule has 0 aliphatic heterocycles. The first kappa shape index (κ1) is 19.1. The minimum Gasteiger partial charge on any atom is -0.418 e. The molecule has 0 amide bonds. The molecule has 18 heavy (non-hydrogen) atoms. The average Bonchev–Trinajstić information content (AvgIpc) is 1.95. The Labute approximate surface area is 97.2 Å². The minimum atomic E-state index is -6.00. The number of hydrogen-bond acceptors (Lipinski definition) is 0. The van der Waals surface area contributed by atoms with Crippen molar-refractivity contribution in [1.82, 2.24) is 0 Å². The summed E-state index contributed by atoms with van der Waals surface area (Å²) >= 11 is 0. The Morgan fingerprint density at radius 2 is 0.889 bits per heavy atom. The van der Waals surface area contributed by atoms with Crippen LogP contribution in [0.25, 0.3) is 0 Å².